The van der Waals surface area contributed by atoms with Gasteiger partial charge in [0.2, 0.25) is 5.92 Å². The highest BCUT2D eigenvalue weighted by molar-refractivity contribution is 5.08. The maximum absolute atomic E-state index is 12.6. The van der Waals surface area contributed by atoms with E-state index in [0.717, 1.165) is 5.56 Å². The molecule has 1 aliphatic rings. The second kappa shape index (κ2) is 3.43. The Labute approximate surface area is 86.5 Å². The summed E-state index contributed by atoms with van der Waals surface area (Å²) in [6.07, 6.45) is 1.49. The average molecular weight is 213 g/mol. The van der Waals surface area contributed by atoms with Gasteiger partial charge in [-0.05, 0) is 24.5 Å². The van der Waals surface area contributed by atoms with Gasteiger partial charge in [0.05, 0.1) is 0 Å². The van der Waals surface area contributed by atoms with Crippen molar-refractivity contribution in [3.8, 4) is 0 Å². The Hall–Kier alpha value is -1.19. The van der Waals surface area contributed by atoms with E-state index in [1.807, 2.05) is 13.0 Å². The molecule has 0 atom stereocenters. The molecule has 0 radical (unpaired) electrons. The van der Waals surface area contributed by atoms with E-state index >= 15 is 0 Å². The van der Waals surface area contributed by atoms with E-state index in [-0.39, 0.29) is 24.3 Å². The molecular weight excluding hydrogens is 200 g/mol. The van der Waals surface area contributed by atoms with Crippen LogP contribution in [0.25, 0.3) is 0 Å². The molecule has 1 fully saturated rings. The van der Waals surface area contributed by atoms with Crippen LogP contribution in [0.4, 0.5) is 8.78 Å². The highest BCUT2D eigenvalue weighted by Gasteiger charge is 2.45. The van der Waals surface area contributed by atoms with Crippen LogP contribution in [0.15, 0.2) is 23.1 Å². The number of alkyl halides is 2. The second-order valence-electron chi connectivity index (χ2n) is 4.32. The van der Waals surface area contributed by atoms with E-state index in [2.05, 4.69) is 0 Å². The third-order valence-electron chi connectivity index (χ3n) is 2.78. The Morgan fingerprint density at radius 1 is 1.53 bits per heavy atom. The summed E-state index contributed by atoms with van der Waals surface area (Å²) < 4.78 is 26.6. The maximum atomic E-state index is 12.6. The molecule has 82 valence electrons. The second-order valence-corrected chi connectivity index (χ2v) is 4.32. The summed E-state index contributed by atoms with van der Waals surface area (Å²) in [6, 6.07) is 3.34. The molecule has 0 unspecified atom stereocenters. The topological polar surface area (TPSA) is 22.0 Å². The Kier molecular flexibility index (Phi) is 2.37. The van der Waals surface area contributed by atoms with Gasteiger partial charge in [0.15, 0.2) is 0 Å². The summed E-state index contributed by atoms with van der Waals surface area (Å²) in [6.45, 7) is 2.25. The van der Waals surface area contributed by atoms with Crippen molar-refractivity contribution in [3.05, 3.63) is 34.2 Å². The molecule has 2 rings (SSSR count). The predicted molar refractivity (Wildman–Crippen MR) is 53.1 cm³/mol. The number of hydrogen-bond donors (Lipinski definition) is 0. The van der Waals surface area contributed by atoms with E-state index < -0.39 is 5.92 Å². The van der Waals surface area contributed by atoms with Gasteiger partial charge in [-0.1, -0.05) is 0 Å². The van der Waals surface area contributed by atoms with Crippen molar-refractivity contribution in [2.75, 3.05) is 0 Å². The fraction of sp³-hybridized carbons (Fsp3) is 0.545. The zero-order valence-corrected chi connectivity index (χ0v) is 8.54. The highest BCUT2D eigenvalue weighted by atomic mass is 19.3. The number of nitrogens with zero attached hydrogens (tertiary/aromatic N) is 1. The Bertz CT molecular complexity index is 417. The lowest BCUT2D eigenvalue weighted by molar-refractivity contribution is -0.114. The Morgan fingerprint density at radius 2 is 2.20 bits per heavy atom. The first-order valence-electron chi connectivity index (χ1n) is 5.01. The minimum Gasteiger partial charge on any atom is -0.315 e. The third kappa shape index (κ3) is 2.25. The van der Waals surface area contributed by atoms with Crippen molar-refractivity contribution in [2.24, 2.45) is 5.92 Å². The molecule has 0 aliphatic heterocycles. The largest absolute Gasteiger partial charge is 0.315 e. The van der Waals surface area contributed by atoms with Crippen molar-refractivity contribution in [3.63, 3.8) is 0 Å². The van der Waals surface area contributed by atoms with E-state index in [0.29, 0.717) is 6.54 Å². The molecule has 2 nitrogen and oxygen atoms in total. The van der Waals surface area contributed by atoms with E-state index in [9.17, 15) is 13.6 Å². The first-order chi connectivity index (χ1) is 6.96. The molecule has 1 aromatic rings. The number of aryl methyl sites for hydroxylation is 1. The molecule has 1 saturated carbocycles. The molecule has 1 aliphatic carbocycles. The van der Waals surface area contributed by atoms with Gasteiger partial charge in [-0.15, -0.1) is 0 Å². The SMILES string of the molecule is Cc1ccn(CC2CC(F)(F)C2)c(=O)c1. The zero-order chi connectivity index (χ0) is 11.1. The summed E-state index contributed by atoms with van der Waals surface area (Å²) in [4.78, 5) is 11.5. The molecule has 0 bridgehead atoms. The molecule has 0 spiro atoms. The van der Waals surface area contributed by atoms with Crippen molar-refractivity contribution in [1.29, 1.82) is 0 Å². The molecular formula is C11H13F2NO. The average Bonchev–Trinajstić information content (AvgIpc) is 2.06. The summed E-state index contributed by atoms with van der Waals surface area (Å²) >= 11 is 0. The van der Waals surface area contributed by atoms with Gasteiger partial charge >= 0.3 is 0 Å². The van der Waals surface area contributed by atoms with E-state index in [1.165, 1.54) is 10.6 Å². The van der Waals surface area contributed by atoms with Gasteiger partial charge in [0.25, 0.3) is 5.56 Å². The lowest BCUT2D eigenvalue weighted by Crippen LogP contribution is -2.39. The molecule has 1 aromatic heterocycles. The quantitative estimate of drug-likeness (QED) is 0.738. The number of rotatable bonds is 2. The van der Waals surface area contributed by atoms with Crippen LogP contribution in [0.1, 0.15) is 18.4 Å². The van der Waals surface area contributed by atoms with Crippen LogP contribution in [0, 0.1) is 12.8 Å². The summed E-state index contributed by atoms with van der Waals surface area (Å²) in [5.74, 6) is -2.56. The van der Waals surface area contributed by atoms with Crippen LogP contribution in [0.5, 0.6) is 0 Å². The highest BCUT2D eigenvalue weighted by Crippen LogP contribution is 2.42. The zero-order valence-electron chi connectivity index (χ0n) is 8.54. The lowest BCUT2D eigenvalue weighted by Gasteiger charge is -2.35. The lowest BCUT2D eigenvalue weighted by atomic mass is 9.81. The smallest absolute Gasteiger partial charge is 0.250 e. The predicted octanol–water partition coefficient (Wildman–Crippen LogP) is 2.20. The number of halogens is 2. The van der Waals surface area contributed by atoms with Crippen LogP contribution in [-0.4, -0.2) is 10.5 Å². The third-order valence-corrected chi connectivity index (χ3v) is 2.78. The van der Waals surface area contributed by atoms with E-state index in [4.69, 9.17) is 0 Å². The molecule has 0 N–H and O–H groups in total. The van der Waals surface area contributed by atoms with Crippen LogP contribution in [-0.2, 0) is 6.54 Å². The van der Waals surface area contributed by atoms with Crippen molar-refractivity contribution < 1.29 is 8.78 Å². The van der Waals surface area contributed by atoms with Gasteiger partial charge in [0, 0.05) is 31.6 Å². The molecule has 0 saturated heterocycles. The van der Waals surface area contributed by atoms with Crippen LogP contribution >= 0.6 is 0 Å². The van der Waals surface area contributed by atoms with Crippen molar-refractivity contribution >= 4 is 0 Å². The summed E-state index contributed by atoms with van der Waals surface area (Å²) in [7, 11) is 0. The first-order valence-corrected chi connectivity index (χ1v) is 5.01. The Morgan fingerprint density at radius 3 is 2.73 bits per heavy atom. The molecule has 15 heavy (non-hydrogen) atoms. The molecule has 0 amide bonds. The minimum atomic E-state index is -2.50. The summed E-state index contributed by atoms with van der Waals surface area (Å²) in [5, 5.41) is 0. The number of pyridine rings is 1. The van der Waals surface area contributed by atoms with Crippen LogP contribution < -0.4 is 5.56 Å². The van der Waals surface area contributed by atoms with Gasteiger partial charge in [-0.2, -0.15) is 0 Å². The van der Waals surface area contributed by atoms with Crippen LogP contribution in [0.3, 0.4) is 0 Å². The van der Waals surface area contributed by atoms with Gasteiger partial charge in [-0.25, -0.2) is 8.78 Å². The fourth-order valence-electron chi connectivity index (χ4n) is 1.95. The van der Waals surface area contributed by atoms with E-state index in [1.54, 1.807) is 6.20 Å². The van der Waals surface area contributed by atoms with Crippen molar-refractivity contribution in [2.45, 2.75) is 32.2 Å². The minimum absolute atomic E-state index is 0.0552. The molecule has 0 aromatic carbocycles. The normalized spacial score (nSPS) is 19.9. The standard InChI is InChI=1S/C11H13F2NO/c1-8-2-3-14(10(15)4-8)7-9-5-11(12,13)6-9/h2-4,9H,5-7H2,1H3. The maximum Gasteiger partial charge on any atom is 0.250 e. The fourth-order valence-corrected chi connectivity index (χ4v) is 1.95. The molecule has 1 heterocycles. The molecule has 4 heteroatoms. The van der Waals surface area contributed by atoms with Gasteiger partial charge in [-0.3, -0.25) is 4.79 Å². The number of aromatic nitrogens is 1. The van der Waals surface area contributed by atoms with Gasteiger partial charge < -0.3 is 4.57 Å². The summed E-state index contributed by atoms with van der Waals surface area (Å²) in [5.41, 5.74) is 0.792. The van der Waals surface area contributed by atoms with Crippen molar-refractivity contribution in [1.82, 2.24) is 4.57 Å². The monoisotopic (exact) mass is 213 g/mol. The first kappa shape index (κ1) is 10.3. The number of hydrogen-bond acceptors (Lipinski definition) is 1. The van der Waals surface area contributed by atoms with Gasteiger partial charge in [0.1, 0.15) is 0 Å². The van der Waals surface area contributed by atoms with Crippen LogP contribution in [0.2, 0.25) is 0 Å². The Balaban J connectivity index is 2.04.